The van der Waals surface area contributed by atoms with E-state index in [-0.39, 0.29) is 33.8 Å². The van der Waals surface area contributed by atoms with Gasteiger partial charge in [0.05, 0.1) is 21.1 Å². The molecule has 2 aliphatic carbocycles. The molecule has 0 saturated carbocycles. The quantitative estimate of drug-likeness (QED) is 0.502. The summed E-state index contributed by atoms with van der Waals surface area (Å²) < 4.78 is 0. The van der Waals surface area contributed by atoms with Crippen molar-refractivity contribution in [2.75, 3.05) is 10.6 Å². The van der Waals surface area contributed by atoms with E-state index in [4.69, 9.17) is 0 Å². The van der Waals surface area contributed by atoms with E-state index < -0.39 is 11.8 Å². The molecular weight excluding hydrogens is 498 g/mol. The third-order valence-electron chi connectivity index (χ3n) is 6.13. The molecule has 5 rings (SSSR count). The van der Waals surface area contributed by atoms with Crippen LogP contribution in [0.5, 0.6) is 0 Å². The molecule has 0 aromatic carbocycles. The number of amides is 2. The number of carbonyl (C=O) groups is 4. The van der Waals surface area contributed by atoms with Crippen LogP contribution >= 0.6 is 22.7 Å². The number of ketones is 2. The van der Waals surface area contributed by atoms with Gasteiger partial charge in [0.1, 0.15) is 11.4 Å². The van der Waals surface area contributed by atoms with Gasteiger partial charge in [0.2, 0.25) is 0 Å². The predicted octanol–water partition coefficient (Wildman–Crippen LogP) is 4.81. The summed E-state index contributed by atoms with van der Waals surface area (Å²) in [6.45, 7) is 8.08. The van der Waals surface area contributed by atoms with E-state index in [0.717, 1.165) is 22.7 Å². The number of nitrogens with zero attached hydrogens (tertiary/aromatic N) is 3. The summed E-state index contributed by atoms with van der Waals surface area (Å²) in [6, 6.07) is 4.56. The van der Waals surface area contributed by atoms with Crippen molar-refractivity contribution in [1.29, 1.82) is 0 Å². The van der Waals surface area contributed by atoms with Crippen LogP contribution in [0.3, 0.4) is 0 Å². The van der Waals surface area contributed by atoms with Crippen LogP contribution in [0.4, 0.5) is 10.3 Å². The minimum absolute atomic E-state index is 0.0326. The van der Waals surface area contributed by atoms with Gasteiger partial charge in [-0.2, -0.15) is 0 Å². The molecule has 0 atom stereocenters. The fourth-order valence-electron chi connectivity index (χ4n) is 4.56. The minimum Gasteiger partial charge on any atom is -0.296 e. The van der Waals surface area contributed by atoms with Crippen LogP contribution in [0.2, 0.25) is 0 Å². The number of aromatic nitrogens is 3. The molecular formula is C25H25N5O4S2. The minimum atomic E-state index is -0.528. The molecule has 0 radical (unpaired) electrons. The van der Waals surface area contributed by atoms with Crippen LogP contribution in [-0.2, 0) is 12.8 Å². The van der Waals surface area contributed by atoms with Crippen molar-refractivity contribution in [3.05, 3.63) is 50.7 Å². The second kappa shape index (κ2) is 8.67. The first-order valence-electron chi connectivity index (χ1n) is 11.5. The Morgan fingerprint density at radius 3 is 1.56 bits per heavy atom. The van der Waals surface area contributed by atoms with Crippen molar-refractivity contribution in [2.24, 2.45) is 10.8 Å². The monoisotopic (exact) mass is 523 g/mol. The highest BCUT2D eigenvalue weighted by Crippen LogP contribution is 2.39. The molecule has 0 bridgehead atoms. The highest BCUT2D eigenvalue weighted by atomic mass is 32.1. The van der Waals surface area contributed by atoms with E-state index >= 15 is 0 Å². The first-order valence-corrected chi connectivity index (χ1v) is 13.2. The van der Waals surface area contributed by atoms with Gasteiger partial charge in [0.25, 0.3) is 11.8 Å². The highest BCUT2D eigenvalue weighted by molar-refractivity contribution is 7.18. The Morgan fingerprint density at radius 1 is 0.722 bits per heavy atom. The molecule has 3 aromatic heterocycles. The van der Waals surface area contributed by atoms with E-state index in [1.54, 1.807) is 6.07 Å². The maximum absolute atomic E-state index is 12.8. The number of anilines is 2. The zero-order valence-corrected chi connectivity index (χ0v) is 22.0. The molecule has 36 heavy (non-hydrogen) atoms. The van der Waals surface area contributed by atoms with Crippen molar-refractivity contribution < 1.29 is 19.2 Å². The van der Waals surface area contributed by atoms with Crippen LogP contribution < -0.4 is 10.6 Å². The Balaban J connectivity index is 1.29. The molecule has 186 valence electrons. The van der Waals surface area contributed by atoms with Crippen molar-refractivity contribution >= 4 is 56.3 Å². The Morgan fingerprint density at radius 2 is 1.14 bits per heavy atom. The molecule has 0 spiro atoms. The number of fused-ring (bicyclic) bond motifs is 2. The zero-order chi connectivity index (χ0) is 25.8. The first kappa shape index (κ1) is 24.4. The van der Waals surface area contributed by atoms with Gasteiger partial charge in [-0.05, 0) is 35.8 Å². The molecule has 0 unspecified atom stereocenters. The van der Waals surface area contributed by atoms with Crippen LogP contribution in [0.25, 0.3) is 0 Å². The largest absolute Gasteiger partial charge is 0.296 e. The summed E-state index contributed by atoms with van der Waals surface area (Å²) in [5.74, 6) is -0.990. The number of hydrogen-bond acceptors (Lipinski definition) is 9. The molecule has 0 saturated heterocycles. The third-order valence-corrected chi connectivity index (χ3v) is 8.23. The summed E-state index contributed by atoms with van der Waals surface area (Å²) in [5, 5.41) is 6.05. The number of hydrogen-bond donors (Lipinski definition) is 2. The molecule has 2 aliphatic rings. The summed E-state index contributed by atoms with van der Waals surface area (Å²) in [7, 11) is 0. The number of Topliss-reactive ketones (excluding diaryl/α,β-unsaturated/α-hetero) is 2. The summed E-state index contributed by atoms with van der Waals surface area (Å²) >= 11 is 2.32. The molecule has 0 aliphatic heterocycles. The smallest absolute Gasteiger partial charge is 0.276 e. The van der Waals surface area contributed by atoms with Gasteiger partial charge in [0.15, 0.2) is 21.8 Å². The average molecular weight is 524 g/mol. The van der Waals surface area contributed by atoms with Gasteiger partial charge >= 0.3 is 0 Å². The first-order chi connectivity index (χ1) is 16.9. The normalized spacial score (nSPS) is 17.8. The van der Waals surface area contributed by atoms with Gasteiger partial charge < -0.3 is 0 Å². The number of nitrogens with one attached hydrogen (secondary N) is 2. The SMILES string of the molecule is CC1(C)CC(=O)c2sc(NC(=O)c3cccc(C(=O)Nc4nc5c(s4)C(=O)CC(C)(C)C5)n3)nc2C1. The Labute approximate surface area is 215 Å². The second-order valence-electron chi connectivity index (χ2n) is 10.8. The highest BCUT2D eigenvalue weighted by Gasteiger charge is 2.35. The Bertz CT molecular complexity index is 1330. The van der Waals surface area contributed by atoms with Gasteiger partial charge in [-0.25, -0.2) is 15.0 Å². The fraction of sp³-hybridized carbons (Fsp3) is 0.400. The van der Waals surface area contributed by atoms with Crippen LogP contribution in [0, 0.1) is 10.8 Å². The Kier molecular flexibility index (Phi) is 5.87. The molecule has 0 fully saturated rings. The third kappa shape index (κ3) is 4.85. The topological polar surface area (TPSA) is 131 Å². The van der Waals surface area contributed by atoms with E-state index in [0.29, 0.717) is 57.1 Å². The molecule has 9 nitrogen and oxygen atoms in total. The maximum Gasteiger partial charge on any atom is 0.276 e. The fourth-order valence-corrected chi connectivity index (χ4v) is 6.39. The predicted molar refractivity (Wildman–Crippen MR) is 137 cm³/mol. The zero-order valence-electron chi connectivity index (χ0n) is 20.4. The van der Waals surface area contributed by atoms with E-state index in [1.807, 2.05) is 27.7 Å². The van der Waals surface area contributed by atoms with Crippen molar-refractivity contribution in [3.8, 4) is 0 Å². The van der Waals surface area contributed by atoms with Gasteiger partial charge in [-0.15, -0.1) is 0 Å². The molecule has 3 aromatic rings. The molecule has 2 N–H and O–H groups in total. The van der Waals surface area contributed by atoms with E-state index in [2.05, 4.69) is 25.6 Å². The van der Waals surface area contributed by atoms with Crippen LogP contribution in [-0.4, -0.2) is 38.3 Å². The van der Waals surface area contributed by atoms with Crippen LogP contribution in [0.15, 0.2) is 18.2 Å². The molecule has 3 heterocycles. The lowest BCUT2D eigenvalue weighted by molar-refractivity contribution is 0.0906. The molecule has 2 amide bonds. The van der Waals surface area contributed by atoms with Gasteiger partial charge in [0, 0.05) is 12.8 Å². The van der Waals surface area contributed by atoms with Crippen molar-refractivity contribution in [3.63, 3.8) is 0 Å². The molecule has 11 heteroatoms. The lowest BCUT2D eigenvalue weighted by Gasteiger charge is -2.26. The lowest BCUT2D eigenvalue weighted by Crippen LogP contribution is -2.26. The van der Waals surface area contributed by atoms with Crippen molar-refractivity contribution in [1.82, 2.24) is 15.0 Å². The summed E-state index contributed by atoms with van der Waals surface area (Å²) in [4.78, 5) is 64.8. The summed E-state index contributed by atoms with van der Waals surface area (Å²) in [5.41, 5.74) is 1.15. The average Bonchev–Trinajstić information content (AvgIpc) is 3.35. The Hall–Kier alpha value is -3.31. The van der Waals surface area contributed by atoms with Gasteiger partial charge in [-0.3, -0.25) is 29.8 Å². The van der Waals surface area contributed by atoms with E-state index in [1.165, 1.54) is 12.1 Å². The maximum atomic E-state index is 12.8. The number of carbonyl (C=O) groups excluding carboxylic acids is 4. The standard InChI is InChI=1S/C25H25N5O4S2/c1-24(2)8-14-18(16(31)10-24)35-22(27-14)29-20(33)12-6-5-7-13(26-12)21(34)30-23-28-15-9-25(3,4)11-17(32)19(15)36-23/h5-7H,8-11H2,1-4H3,(H,27,29,33)(H,28,30,34). The lowest BCUT2D eigenvalue weighted by atomic mass is 9.78. The second-order valence-corrected chi connectivity index (χ2v) is 12.8. The van der Waals surface area contributed by atoms with E-state index in [9.17, 15) is 19.2 Å². The summed E-state index contributed by atoms with van der Waals surface area (Å²) in [6.07, 6.45) is 2.22. The van der Waals surface area contributed by atoms with Gasteiger partial charge in [-0.1, -0.05) is 56.4 Å². The van der Waals surface area contributed by atoms with Crippen molar-refractivity contribution in [2.45, 2.75) is 53.4 Å². The number of thiazole rings is 2. The number of rotatable bonds is 4. The van der Waals surface area contributed by atoms with Crippen LogP contribution in [0.1, 0.15) is 92.2 Å². The number of pyridine rings is 1.